The zero-order valence-electron chi connectivity index (χ0n) is 16.3. The normalized spacial score (nSPS) is 13.4. The lowest BCUT2D eigenvalue weighted by atomic mass is 10.0. The van der Waals surface area contributed by atoms with Crippen LogP contribution in [0.5, 0.6) is 0 Å². The predicted octanol–water partition coefficient (Wildman–Crippen LogP) is 4.11. The molecule has 2 aromatic carbocycles. The van der Waals surface area contributed by atoms with Gasteiger partial charge in [0.2, 0.25) is 0 Å². The van der Waals surface area contributed by atoms with E-state index in [0.717, 1.165) is 5.56 Å². The molecule has 28 heavy (non-hydrogen) atoms. The fourth-order valence-corrected chi connectivity index (χ4v) is 2.65. The van der Waals surface area contributed by atoms with Crippen molar-refractivity contribution < 1.29 is 19.2 Å². The van der Waals surface area contributed by atoms with Gasteiger partial charge in [-0.2, -0.15) is 0 Å². The van der Waals surface area contributed by atoms with Crippen LogP contribution in [0.2, 0.25) is 0 Å². The largest absolute Gasteiger partial charge is 0.444 e. The molecule has 0 spiro atoms. The van der Waals surface area contributed by atoms with Crippen molar-refractivity contribution in [2.45, 2.75) is 45.1 Å². The van der Waals surface area contributed by atoms with Crippen molar-refractivity contribution in [2.24, 2.45) is 0 Å². The van der Waals surface area contributed by atoms with Crippen LogP contribution in [0.4, 0.5) is 4.79 Å². The number of amides is 1. The van der Waals surface area contributed by atoms with Gasteiger partial charge in [0.05, 0.1) is 6.61 Å². The first-order valence-corrected chi connectivity index (χ1v) is 9.06. The highest BCUT2D eigenvalue weighted by atomic mass is 16.6. The van der Waals surface area contributed by atoms with Gasteiger partial charge >= 0.3 is 6.09 Å². The van der Waals surface area contributed by atoms with Crippen molar-refractivity contribution >= 4 is 6.09 Å². The van der Waals surface area contributed by atoms with E-state index in [2.05, 4.69) is 5.32 Å². The molecule has 0 aliphatic carbocycles. The van der Waals surface area contributed by atoms with E-state index >= 15 is 0 Å². The van der Waals surface area contributed by atoms with E-state index in [0.29, 0.717) is 5.56 Å². The minimum atomic E-state index is -1.17. The van der Waals surface area contributed by atoms with Gasteiger partial charge in [0.15, 0.2) is 0 Å². The van der Waals surface area contributed by atoms with E-state index in [9.17, 15) is 14.9 Å². The number of nitro groups is 1. The average Bonchev–Trinajstić information content (AvgIpc) is 2.63. The van der Waals surface area contributed by atoms with Crippen LogP contribution in [0.3, 0.4) is 0 Å². The van der Waals surface area contributed by atoms with Crippen LogP contribution in [0, 0.1) is 10.1 Å². The molecule has 1 N–H and O–H groups in total. The highest BCUT2D eigenvalue weighted by Gasteiger charge is 2.35. The zero-order chi connectivity index (χ0) is 20.6. The lowest BCUT2D eigenvalue weighted by Crippen LogP contribution is -2.44. The van der Waals surface area contributed by atoms with Gasteiger partial charge in [-0.15, -0.1) is 0 Å². The van der Waals surface area contributed by atoms with Crippen molar-refractivity contribution in [1.82, 2.24) is 5.32 Å². The number of benzene rings is 2. The quantitative estimate of drug-likeness (QED) is 0.544. The third-order valence-electron chi connectivity index (χ3n) is 3.89. The fourth-order valence-electron chi connectivity index (χ4n) is 2.65. The topological polar surface area (TPSA) is 90.7 Å². The number of alkyl carbamates (subject to hydrolysis) is 1. The molecule has 0 heterocycles. The number of ether oxygens (including phenoxy) is 2. The summed E-state index contributed by atoms with van der Waals surface area (Å²) in [5.41, 5.74) is 0.818. The number of carbonyl (C=O) groups is 1. The van der Waals surface area contributed by atoms with E-state index in [1.54, 1.807) is 51.1 Å². The smallest absolute Gasteiger partial charge is 0.408 e. The number of nitrogens with zero attached hydrogens (tertiary/aromatic N) is 1. The maximum absolute atomic E-state index is 12.3. The highest BCUT2D eigenvalue weighted by molar-refractivity contribution is 5.68. The van der Waals surface area contributed by atoms with Crippen LogP contribution >= 0.6 is 0 Å². The summed E-state index contributed by atoms with van der Waals surface area (Å²) in [5, 5.41) is 14.4. The maximum Gasteiger partial charge on any atom is 0.408 e. The standard InChI is InChI=1S/C21H26N2O5/c1-21(2,3)28-20(24)22-19(17-12-8-5-9-13-17)18(23(25)26)15-27-14-16-10-6-4-7-11-16/h4-13,18-19H,14-15H2,1-3H3,(H,22,24)/t18-,19-/m1/s1. The molecular weight excluding hydrogens is 360 g/mol. The monoisotopic (exact) mass is 386 g/mol. The summed E-state index contributed by atoms with van der Waals surface area (Å²) >= 11 is 0. The van der Waals surface area contributed by atoms with Gasteiger partial charge in [-0.1, -0.05) is 60.7 Å². The Morgan fingerprint density at radius 3 is 2.18 bits per heavy atom. The number of hydrogen-bond donors (Lipinski definition) is 1. The van der Waals surface area contributed by atoms with Crippen molar-refractivity contribution in [1.29, 1.82) is 0 Å². The molecular formula is C21H26N2O5. The molecule has 2 atom stereocenters. The molecule has 150 valence electrons. The molecule has 0 aromatic heterocycles. The molecule has 0 saturated carbocycles. The molecule has 0 bridgehead atoms. The molecule has 0 radical (unpaired) electrons. The first-order valence-electron chi connectivity index (χ1n) is 9.06. The lowest BCUT2D eigenvalue weighted by Gasteiger charge is -2.25. The Labute approximate surface area is 164 Å². The minimum absolute atomic E-state index is 0.156. The molecule has 0 unspecified atom stereocenters. The second kappa shape index (κ2) is 9.85. The van der Waals surface area contributed by atoms with Crippen molar-refractivity contribution in [3.63, 3.8) is 0 Å². The molecule has 0 aliphatic heterocycles. The summed E-state index contributed by atoms with van der Waals surface area (Å²) < 4.78 is 10.9. The van der Waals surface area contributed by atoms with Crippen LogP contribution in [-0.4, -0.2) is 29.3 Å². The highest BCUT2D eigenvalue weighted by Crippen LogP contribution is 2.21. The van der Waals surface area contributed by atoms with Crippen molar-refractivity contribution in [3.05, 3.63) is 81.9 Å². The molecule has 1 amide bonds. The van der Waals surface area contributed by atoms with Gasteiger partial charge in [-0.25, -0.2) is 4.79 Å². The van der Waals surface area contributed by atoms with E-state index in [1.165, 1.54) is 0 Å². The first-order chi connectivity index (χ1) is 13.3. The van der Waals surface area contributed by atoms with Gasteiger partial charge in [-0.3, -0.25) is 10.1 Å². The van der Waals surface area contributed by atoms with Gasteiger partial charge in [-0.05, 0) is 31.9 Å². The molecule has 7 heteroatoms. The number of hydrogen-bond acceptors (Lipinski definition) is 5. The lowest BCUT2D eigenvalue weighted by molar-refractivity contribution is -0.532. The summed E-state index contributed by atoms with van der Waals surface area (Å²) in [4.78, 5) is 23.6. The third kappa shape index (κ3) is 7.00. The zero-order valence-corrected chi connectivity index (χ0v) is 16.3. The van der Waals surface area contributed by atoms with Gasteiger partial charge < -0.3 is 14.8 Å². The SMILES string of the molecule is CC(C)(C)OC(=O)N[C@H](c1ccccc1)[C@@H](COCc1ccccc1)[N+](=O)[O-]. The number of carbonyl (C=O) groups excluding carboxylic acids is 1. The summed E-state index contributed by atoms with van der Waals surface area (Å²) in [6.07, 6.45) is -0.712. The Kier molecular flexibility index (Phi) is 7.52. The van der Waals surface area contributed by atoms with Crippen molar-refractivity contribution in [3.8, 4) is 0 Å². The Balaban J connectivity index is 2.14. The van der Waals surface area contributed by atoms with E-state index < -0.39 is 28.7 Å². The van der Waals surface area contributed by atoms with E-state index in [4.69, 9.17) is 9.47 Å². The van der Waals surface area contributed by atoms with Gasteiger partial charge in [0, 0.05) is 4.92 Å². The van der Waals surface area contributed by atoms with Gasteiger partial charge in [0.25, 0.3) is 6.04 Å². The summed E-state index contributed by atoms with van der Waals surface area (Å²) in [7, 11) is 0. The minimum Gasteiger partial charge on any atom is -0.444 e. The van der Waals surface area contributed by atoms with E-state index in [1.807, 2.05) is 30.3 Å². The number of nitrogens with one attached hydrogen (secondary N) is 1. The Morgan fingerprint density at radius 1 is 1.07 bits per heavy atom. The maximum atomic E-state index is 12.3. The molecule has 2 aromatic rings. The predicted molar refractivity (Wildman–Crippen MR) is 105 cm³/mol. The second-order valence-electron chi connectivity index (χ2n) is 7.39. The third-order valence-corrected chi connectivity index (χ3v) is 3.89. The molecule has 0 fully saturated rings. The van der Waals surface area contributed by atoms with Crippen molar-refractivity contribution in [2.75, 3.05) is 6.61 Å². The fraction of sp³-hybridized carbons (Fsp3) is 0.381. The van der Waals surface area contributed by atoms with Crippen LogP contribution in [-0.2, 0) is 16.1 Å². The van der Waals surface area contributed by atoms with Crippen LogP contribution < -0.4 is 5.32 Å². The first kappa shape index (κ1) is 21.4. The van der Waals surface area contributed by atoms with E-state index in [-0.39, 0.29) is 13.2 Å². The Morgan fingerprint density at radius 2 is 1.64 bits per heavy atom. The summed E-state index contributed by atoms with van der Waals surface area (Å²) in [6, 6.07) is 16.2. The van der Waals surface area contributed by atoms with Crippen LogP contribution in [0.25, 0.3) is 0 Å². The summed E-state index contributed by atoms with van der Waals surface area (Å²) in [6.45, 7) is 5.30. The second-order valence-corrected chi connectivity index (χ2v) is 7.39. The van der Waals surface area contributed by atoms with Crippen LogP contribution in [0.1, 0.15) is 37.9 Å². The molecule has 0 aliphatic rings. The molecule has 0 saturated heterocycles. The number of rotatable bonds is 8. The molecule has 7 nitrogen and oxygen atoms in total. The van der Waals surface area contributed by atoms with Crippen LogP contribution in [0.15, 0.2) is 60.7 Å². The molecule has 2 rings (SSSR count). The average molecular weight is 386 g/mol. The van der Waals surface area contributed by atoms with Gasteiger partial charge in [0.1, 0.15) is 18.2 Å². The Hall–Kier alpha value is -2.93. The summed E-state index contributed by atoms with van der Waals surface area (Å²) in [5.74, 6) is 0. The Bertz CT molecular complexity index is 759.